The van der Waals surface area contributed by atoms with Gasteiger partial charge in [-0.1, -0.05) is 12.1 Å². The number of carbonyl (C=O) groups excluding carboxylic acids is 1. The van der Waals surface area contributed by atoms with Gasteiger partial charge in [-0.25, -0.2) is 4.98 Å². The summed E-state index contributed by atoms with van der Waals surface area (Å²) in [6.45, 7) is 2.48. The Hall–Kier alpha value is -2.60. The van der Waals surface area contributed by atoms with E-state index in [9.17, 15) is 4.79 Å². The van der Waals surface area contributed by atoms with Gasteiger partial charge in [-0.05, 0) is 50.0 Å². The van der Waals surface area contributed by atoms with Crippen molar-refractivity contribution in [3.8, 4) is 17.4 Å². The molecule has 1 atom stereocenters. The van der Waals surface area contributed by atoms with Gasteiger partial charge < -0.3 is 20.1 Å². The molecule has 0 aliphatic carbocycles. The minimum atomic E-state index is 0.0630. The molecule has 0 bridgehead atoms. The summed E-state index contributed by atoms with van der Waals surface area (Å²) >= 11 is 0. The van der Waals surface area contributed by atoms with E-state index >= 15 is 0 Å². The summed E-state index contributed by atoms with van der Waals surface area (Å²) in [5, 5.41) is 6.29. The number of rotatable bonds is 8. The van der Waals surface area contributed by atoms with Crippen LogP contribution in [0.25, 0.3) is 0 Å². The lowest BCUT2D eigenvalue weighted by atomic mass is 10.0. The van der Waals surface area contributed by atoms with Crippen LogP contribution >= 0.6 is 0 Å². The number of hydrogen-bond donors (Lipinski definition) is 2. The first-order valence-corrected chi connectivity index (χ1v) is 8.98. The quantitative estimate of drug-likeness (QED) is 0.762. The van der Waals surface area contributed by atoms with Gasteiger partial charge in [0.1, 0.15) is 11.5 Å². The third-order valence-corrected chi connectivity index (χ3v) is 4.52. The highest BCUT2D eigenvalue weighted by molar-refractivity contribution is 5.75. The summed E-state index contributed by atoms with van der Waals surface area (Å²) in [5.74, 6) is 2.53. The molecule has 2 heterocycles. The minimum absolute atomic E-state index is 0.0630. The summed E-state index contributed by atoms with van der Waals surface area (Å²) in [6.07, 6.45) is 4.32. The van der Waals surface area contributed by atoms with Crippen LogP contribution in [0, 0.1) is 5.92 Å². The maximum atomic E-state index is 12.1. The number of aromatic nitrogens is 1. The van der Waals surface area contributed by atoms with E-state index in [1.165, 1.54) is 0 Å². The number of ether oxygens (including phenoxy) is 2. The molecule has 1 aliphatic rings. The van der Waals surface area contributed by atoms with Crippen LogP contribution in [0.5, 0.6) is 17.4 Å². The highest BCUT2D eigenvalue weighted by atomic mass is 16.5. The number of methoxy groups -OCH3 is 1. The molecular weight excluding hydrogens is 330 g/mol. The zero-order chi connectivity index (χ0) is 18.2. The first-order chi connectivity index (χ1) is 12.7. The molecule has 0 spiro atoms. The molecule has 3 rings (SSSR count). The monoisotopic (exact) mass is 355 g/mol. The molecule has 0 radical (unpaired) electrons. The van der Waals surface area contributed by atoms with E-state index in [0.717, 1.165) is 37.2 Å². The average Bonchev–Trinajstić information content (AvgIpc) is 3.19. The molecule has 2 N–H and O–H groups in total. The Morgan fingerprint density at radius 1 is 1.31 bits per heavy atom. The van der Waals surface area contributed by atoms with Gasteiger partial charge in [-0.2, -0.15) is 0 Å². The zero-order valence-electron chi connectivity index (χ0n) is 15.0. The van der Waals surface area contributed by atoms with Crippen molar-refractivity contribution in [3.63, 3.8) is 0 Å². The van der Waals surface area contributed by atoms with Crippen LogP contribution in [0.3, 0.4) is 0 Å². The maximum Gasteiger partial charge on any atom is 0.224 e. The third kappa shape index (κ3) is 5.20. The first-order valence-electron chi connectivity index (χ1n) is 8.98. The average molecular weight is 355 g/mol. The van der Waals surface area contributed by atoms with Crippen LogP contribution in [-0.2, 0) is 11.3 Å². The Labute approximate surface area is 153 Å². The van der Waals surface area contributed by atoms with E-state index in [0.29, 0.717) is 30.5 Å². The Morgan fingerprint density at radius 2 is 2.19 bits per heavy atom. The van der Waals surface area contributed by atoms with Crippen LogP contribution in [-0.4, -0.2) is 31.1 Å². The Morgan fingerprint density at radius 3 is 3.00 bits per heavy atom. The number of nitrogens with zero attached hydrogens (tertiary/aromatic N) is 1. The van der Waals surface area contributed by atoms with Crippen LogP contribution in [0.15, 0.2) is 42.6 Å². The molecule has 2 aromatic rings. The Kier molecular flexibility index (Phi) is 6.44. The summed E-state index contributed by atoms with van der Waals surface area (Å²) in [7, 11) is 1.61. The molecule has 138 valence electrons. The SMILES string of the molecule is COc1cccc(Oc2ncccc2CNC(=O)CCC2CCNC2)c1. The summed E-state index contributed by atoms with van der Waals surface area (Å²) in [4.78, 5) is 16.4. The standard InChI is InChI=1S/C20H25N3O3/c1-25-17-5-2-6-18(12-17)26-20-16(4-3-10-22-20)14-23-19(24)8-7-15-9-11-21-13-15/h2-6,10,12,15,21H,7-9,11,13-14H2,1H3,(H,23,24). The molecular formula is C20H25N3O3. The fourth-order valence-electron chi connectivity index (χ4n) is 3.01. The van der Waals surface area contributed by atoms with Gasteiger partial charge >= 0.3 is 0 Å². The predicted octanol–water partition coefficient (Wildman–Crippen LogP) is 2.89. The largest absolute Gasteiger partial charge is 0.497 e. The molecule has 0 saturated carbocycles. The van der Waals surface area contributed by atoms with Crippen LogP contribution in [0.2, 0.25) is 0 Å². The normalized spacial score (nSPS) is 16.3. The highest BCUT2D eigenvalue weighted by Crippen LogP contribution is 2.26. The number of benzene rings is 1. The molecule has 1 amide bonds. The number of pyridine rings is 1. The van der Waals surface area contributed by atoms with E-state index in [-0.39, 0.29) is 5.91 Å². The molecule has 6 nitrogen and oxygen atoms in total. The number of nitrogens with one attached hydrogen (secondary N) is 2. The maximum absolute atomic E-state index is 12.1. The minimum Gasteiger partial charge on any atom is -0.497 e. The summed E-state index contributed by atoms with van der Waals surface area (Å²) < 4.78 is 11.1. The fourth-order valence-corrected chi connectivity index (χ4v) is 3.01. The smallest absolute Gasteiger partial charge is 0.224 e. The summed E-state index contributed by atoms with van der Waals surface area (Å²) in [5.41, 5.74) is 0.839. The van der Waals surface area contributed by atoms with Crippen molar-refractivity contribution in [1.29, 1.82) is 0 Å². The van der Waals surface area contributed by atoms with Crippen LogP contribution in [0.4, 0.5) is 0 Å². The predicted molar refractivity (Wildman–Crippen MR) is 99.4 cm³/mol. The van der Waals surface area contributed by atoms with Crippen LogP contribution < -0.4 is 20.1 Å². The van der Waals surface area contributed by atoms with E-state index in [1.54, 1.807) is 19.4 Å². The van der Waals surface area contributed by atoms with Gasteiger partial charge in [0.05, 0.1) is 7.11 Å². The zero-order valence-corrected chi connectivity index (χ0v) is 15.0. The van der Waals surface area contributed by atoms with Crippen LogP contribution in [0.1, 0.15) is 24.8 Å². The molecule has 1 aromatic heterocycles. The molecule has 6 heteroatoms. The van der Waals surface area contributed by atoms with Crippen molar-refractivity contribution in [2.24, 2.45) is 5.92 Å². The lowest BCUT2D eigenvalue weighted by Crippen LogP contribution is -2.23. The van der Waals surface area contributed by atoms with E-state index in [1.807, 2.05) is 30.3 Å². The van der Waals surface area contributed by atoms with Gasteiger partial charge in [0.25, 0.3) is 0 Å². The molecule has 26 heavy (non-hydrogen) atoms. The van der Waals surface area contributed by atoms with Crippen molar-refractivity contribution in [3.05, 3.63) is 48.2 Å². The van der Waals surface area contributed by atoms with Gasteiger partial charge in [0.2, 0.25) is 11.8 Å². The van der Waals surface area contributed by atoms with E-state index < -0.39 is 0 Å². The van der Waals surface area contributed by atoms with Crippen molar-refractivity contribution in [2.75, 3.05) is 20.2 Å². The molecule has 1 fully saturated rings. The second kappa shape index (κ2) is 9.20. The molecule has 1 unspecified atom stereocenters. The summed E-state index contributed by atoms with van der Waals surface area (Å²) in [6, 6.07) is 11.1. The van der Waals surface area contributed by atoms with E-state index in [2.05, 4.69) is 15.6 Å². The Bertz CT molecular complexity index is 730. The van der Waals surface area contributed by atoms with Gasteiger partial charge in [0, 0.05) is 30.8 Å². The second-order valence-corrected chi connectivity index (χ2v) is 6.42. The van der Waals surface area contributed by atoms with Crippen molar-refractivity contribution in [2.45, 2.75) is 25.8 Å². The van der Waals surface area contributed by atoms with Gasteiger partial charge in [-0.15, -0.1) is 0 Å². The lowest BCUT2D eigenvalue weighted by Gasteiger charge is -2.12. The second-order valence-electron chi connectivity index (χ2n) is 6.42. The molecule has 1 aromatic carbocycles. The highest BCUT2D eigenvalue weighted by Gasteiger charge is 2.16. The topological polar surface area (TPSA) is 72.5 Å². The van der Waals surface area contributed by atoms with E-state index in [4.69, 9.17) is 9.47 Å². The number of carbonyl (C=O) groups is 1. The number of amides is 1. The van der Waals surface area contributed by atoms with Gasteiger partial charge in [0.15, 0.2) is 0 Å². The lowest BCUT2D eigenvalue weighted by molar-refractivity contribution is -0.121. The van der Waals surface area contributed by atoms with Crippen molar-refractivity contribution >= 4 is 5.91 Å². The molecule has 1 saturated heterocycles. The molecule has 1 aliphatic heterocycles. The third-order valence-electron chi connectivity index (χ3n) is 4.52. The fraction of sp³-hybridized carbons (Fsp3) is 0.400. The first kappa shape index (κ1) is 18.2. The Balaban J connectivity index is 1.55. The van der Waals surface area contributed by atoms with Crippen molar-refractivity contribution in [1.82, 2.24) is 15.6 Å². The number of hydrogen-bond acceptors (Lipinski definition) is 5. The van der Waals surface area contributed by atoms with Gasteiger partial charge in [-0.3, -0.25) is 4.79 Å². The van der Waals surface area contributed by atoms with Crippen molar-refractivity contribution < 1.29 is 14.3 Å².